The highest BCUT2D eigenvalue weighted by molar-refractivity contribution is 5.79. The summed E-state index contributed by atoms with van der Waals surface area (Å²) in [4.78, 5) is 4.35. The summed E-state index contributed by atoms with van der Waals surface area (Å²) in [5, 5.41) is 11.0. The van der Waals surface area contributed by atoms with Crippen molar-refractivity contribution < 1.29 is 8.91 Å². The fourth-order valence-electron chi connectivity index (χ4n) is 3.76. The smallest absolute Gasteiger partial charge is 0.191 e. The van der Waals surface area contributed by atoms with Crippen molar-refractivity contribution in [1.29, 1.82) is 0 Å². The number of halogens is 1. The Morgan fingerprint density at radius 1 is 1.19 bits per heavy atom. The first-order valence-corrected chi connectivity index (χ1v) is 9.78. The van der Waals surface area contributed by atoms with Crippen LogP contribution in [0.3, 0.4) is 0 Å². The summed E-state index contributed by atoms with van der Waals surface area (Å²) in [7, 11) is 1.77. The van der Waals surface area contributed by atoms with Crippen molar-refractivity contribution in [3.63, 3.8) is 0 Å². The number of hydrogen-bond donors (Lipinski definition) is 2. The third-order valence-electron chi connectivity index (χ3n) is 5.62. The van der Waals surface area contributed by atoms with E-state index in [0.717, 1.165) is 55.2 Å². The van der Waals surface area contributed by atoms with Crippen LogP contribution in [0.5, 0.6) is 0 Å². The lowest BCUT2D eigenvalue weighted by Gasteiger charge is -2.43. The molecule has 5 nitrogen and oxygen atoms in total. The van der Waals surface area contributed by atoms with Gasteiger partial charge >= 0.3 is 0 Å². The molecule has 1 aliphatic rings. The van der Waals surface area contributed by atoms with Gasteiger partial charge in [-0.3, -0.25) is 4.99 Å². The van der Waals surface area contributed by atoms with E-state index in [0.29, 0.717) is 6.54 Å². The van der Waals surface area contributed by atoms with E-state index in [2.05, 4.69) is 34.6 Å². The molecule has 3 rings (SSSR count). The number of guanidine groups is 1. The maximum absolute atomic E-state index is 13.3. The molecular weight excluding hydrogens is 343 g/mol. The molecule has 1 aromatic heterocycles. The van der Waals surface area contributed by atoms with Gasteiger partial charge in [-0.2, -0.15) is 0 Å². The van der Waals surface area contributed by atoms with Crippen LogP contribution in [0.15, 0.2) is 33.8 Å². The molecule has 0 saturated heterocycles. The number of benzene rings is 1. The number of aromatic nitrogens is 1. The average Bonchev–Trinajstić information content (AvgIpc) is 3.06. The third kappa shape index (κ3) is 4.15. The van der Waals surface area contributed by atoms with Gasteiger partial charge in [0.15, 0.2) is 5.96 Å². The van der Waals surface area contributed by atoms with E-state index < -0.39 is 0 Å². The Bertz CT molecular complexity index is 756. The zero-order chi connectivity index (χ0) is 19.3. The van der Waals surface area contributed by atoms with Crippen LogP contribution < -0.4 is 10.6 Å². The Hall–Kier alpha value is -2.37. The molecule has 0 bridgehead atoms. The second-order valence-electron chi connectivity index (χ2n) is 7.16. The largest absolute Gasteiger partial charge is 0.361 e. The van der Waals surface area contributed by atoms with Gasteiger partial charge in [0.1, 0.15) is 11.6 Å². The van der Waals surface area contributed by atoms with Gasteiger partial charge in [-0.1, -0.05) is 37.6 Å². The van der Waals surface area contributed by atoms with Crippen LogP contribution in [-0.4, -0.2) is 24.7 Å². The second kappa shape index (κ2) is 8.55. The van der Waals surface area contributed by atoms with Crippen molar-refractivity contribution in [3.05, 3.63) is 52.7 Å². The molecule has 27 heavy (non-hydrogen) atoms. The van der Waals surface area contributed by atoms with E-state index >= 15 is 0 Å². The minimum absolute atomic E-state index is 0.0612. The van der Waals surface area contributed by atoms with E-state index in [1.165, 1.54) is 12.0 Å². The predicted octanol–water partition coefficient (Wildman–Crippen LogP) is 3.73. The fourth-order valence-corrected chi connectivity index (χ4v) is 3.76. The van der Waals surface area contributed by atoms with E-state index in [4.69, 9.17) is 4.52 Å². The van der Waals surface area contributed by atoms with Gasteiger partial charge in [-0.15, -0.1) is 0 Å². The molecule has 1 saturated carbocycles. The van der Waals surface area contributed by atoms with Crippen LogP contribution in [0.4, 0.5) is 4.39 Å². The van der Waals surface area contributed by atoms with Crippen LogP contribution in [0.2, 0.25) is 0 Å². The molecular formula is C21H29FN4O. The first kappa shape index (κ1) is 19.4. The zero-order valence-electron chi connectivity index (χ0n) is 16.4. The Morgan fingerprint density at radius 2 is 1.93 bits per heavy atom. The monoisotopic (exact) mass is 372 g/mol. The summed E-state index contributed by atoms with van der Waals surface area (Å²) in [5.41, 5.74) is 3.38. The van der Waals surface area contributed by atoms with Crippen molar-refractivity contribution in [1.82, 2.24) is 15.8 Å². The van der Waals surface area contributed by atoms with Gasteiger partial charge in [-0.25, -0.2) is 4.39 Å². The van der Waals surface area contributed by atoms with Gasteiger partial charge in [0.2, 0.25) is 0 Å². The summed E-state index contributed by atoms with van der Waals surface area (Å²) in [6, 6.07) is 6.91. The summed E-state index contributed by atoms with van der Waals surface area (Å²) >= 11 is 0. The molecule has 146 valence electrons. The molecule has 0 radical (unpaired) electrons. The molecule has 0 amide bonds. The van der Waals surface area contributed by atoms with E-state index in [1.807, 2.05) is 12.1 Å². The van der Waals surface area contributed by atoms with Crippen molar-refractivity contribution in [3.8, 4) is 0 Å². The van der Waals surface area contributed by atoms with Gasteiger partial charge in [0.25, 0.3) is 0 Å². The molecule has 0 atom stereocenters. The van der Waals surface area contributed by atoms with Gasteiger partial charge in [0.05, 0.1) is 5.69 Å². The molecule has 0 aliphatic heterocycles. The van der Waals surface area contributed by atoms with Crippen LogP contribution in [0, 0.1) is 5.82 Å². The third-order valence-corrected chi connectivity index (χ3v) is 5.62. The highest BCUT2D eigenvalue weighted by atomic mass is 19.1. The first-order valence-electron chi connectivity index (χ1n) is 9.78. The second-order valence-corrected chi connectivity index (χ2v) is 7.16. The number of nitrogens with zero attached hydrogens (tertiary/aromatic N) is 2. The zero-order valence-corrected chi connectivity index (χ0v) is 16.4. The van der Waals surface area contributed by atoms with Crippen LogP contribution in [0.25, 0.3) is 0 Å². The standard InChI is InChI=1S/C21H29FN4O/c1-4-18-17(19(5-2)27-26-18)13-24-20(23-3)25-14-21(11-6-12-21)15-7-9-16(22)10-8-15/h7-10H,4-6,11-14H2,1-3H3,(H2,23,24,25). The quantitative estimate of drug-likeness (QED) is 0.574. The van der Waals surface area contributed by atoms with Crippen molar-refractivity contribution in [2.45, 2.75) is 57.9 Å². The minimum atomic E-state index is -0.189. The SMILES string of the molecule is CCc1noc(CC)c1CNC(=NC)NCC1(c2ccc(F)cc2)CCC1. The van der Waals surface area contributed by atoms with E-state index in [9.17, 15) is 4.39 Å². The Morgan fingerprint density at radius 3 is 2.48 bits per heavy atom. The topological polar surface area (TPSA) is 62.5 Å². The fraction of sp³-hybridized carbons (Fsp3) is 0.524. The molecule has 2 aromatic rings. The molecule has 1 aromatic carbocycles. The van der Waals surface area contributed by atoms with Crippen LogP contribution >= 0.6 is 0 Å². The molecule has 1 fully saturated rings. The lowest BCUT2D eigenvalue weighted by Crippen LogP contribution is -2.48. The maximum atomic E-state index is 13.3. The van der Waals surface area contributed by atoms with Gasteiger partial charge < -0.3 is 15.2 Å². The minimum Gasteiger partial charge on any atom is -0.361 e. The number of nitrogens with one attached hydrogen (secondary N) is 2. The van der Waals surface area contributed by atoms with Crippen LogP contribution in [0.1, 0.15) is 55.7 Å². The average molecular weight is 372 g/mol. The number of rotatable bonds is 7. The van der Waals surface area contributed by atoms with E-state index in [-0.39, 0.29) is 11.2 Å². The molecule has 0 spiro atoms. The number of aliphatic imine (C=N–C) groups is 1. The van der Waals surface area contributed by atoms with Crippen molar-refractivity contribution >= 4 is 5.96 Å². The molecule has 6 heteroatoms. The van der Waals surface area contributed by atoms with E-state index in [1.54, 1.807) is 19.2 Å². The summed E-state index contributed by atoms with van der Waals surface area (Å²) in [5.74, 6) is 1.50. The number of hydrogen-bond acceptors (Lipinski definition) is 3. The Kier molecular flexibility index (Phi) is 6.14. The van der Waals surface area contributed by atoms with Gasteiger partial charge in [0, 0.05) is 37.5 Å². The molecule has 1 heterocycles. The molecule has 2 N–H and O–H groups in total. The van der Waals surface area contributed by atoms with Crippen molar-refractivity contribution in [2.75, 3.05) is 13.6 Å². The summed E-state index contributed by atoms with van der Waals surface area (Å²) < 4.78 is 18.7. The van der Waals surface area contributed by atoms with Crippen molar-refractivity contribution in [2.24, 2.45) is 4.99 Å². The van der Waals surface area contributed by atoms with Crippen LogP contribution in [-0.2, 0) is 24.8 Å². The van der Waals surface area contributed by atoms with Gasteiger partial charge in [-0.05, 0) is 37.0 Å². The lowest BCUT2D eigenvalue weighted by molar-refractivity contribution is 0.243. The Balaban J connectivity index is 1.62. The lowest BCUT2D eigenvalue weighted by atomic mass is 9.64. The maximum Gasteiger partial charge on any atom is 0.191 e. The predicted molar refractivity (Wildman–Crippen MR) is 105 cm³/mol. The summed E-state index contributed by atoms with van der Waals surface area (Å²) in [6.45, 7) is 5.57. The molecule has 1 aliphatic carbocycles. The highest BCUT2D eigenvalue weighted by Crippen LogP contribution is 2.43. The first-order chi connectivity index (χ1) is 13.1. The molecule has 0 unspecified atom stereocenters. The number of aryl methyl sites for hydroxylation is 2. The summed E-state index contributed by atoms with van der Waals surface area (Å²) in [6.07, 6.45) is 5.08. The Labute approximate surface area is 160 Å². The normalized spacial score (nSPS) is 16.1. The highest BCUT2D eigenvalue weighted by Gasteiger charge is 2.38.